The monoisotopic (exact) mass is 382 g/mol. The lowest BCUT2D eigenvalue weighted by Gasteiger charge is -2.17. The molecule has 6 nitrogen and oxygen atoms in total. The largest absolute Gasteiger partial charge is 0.367 e. The second kappa shape index (κ2) is 7.81. The highest BCUT2D eigenvalue weighted by Gasteiger charge is 2.10. The van der Waals surface area contributed by atoms with Crippen molar-refractivity contribution in [2.75, 3.05) is 25.5 Å². The molecule has 8 heteroatoms. The second-order valence-electron chi connectivity index (χ2n) is 6.32. The standard InChI is InChI=1S/C19H19FN6S/c1-25(12-14-2-4-16(20)5-3-14)10-9-21-17-6-7-18-22-23-19(26(18)24-17)15-8-11-27-13-15/h2-8,11,13H,9-10,12H2,1H3,(H,21,24). The number of fused-ring (bicyclic) bond motifs is 1. The topological polar surface area (TPSA) is 58.3 Å². The van der Waals surface area contributed by atoms with Gasteiger partial charge in [-0.3, -0.25) is 0 Å². The van der Waals surface area contributed by atoms with Crippen LogP contribution in [0.15, 0.2) is 53.2 Å². The molecule has 1 aromatic carbocycles. The number of hydrogen-bond donors (Lipinski definition) is 1. The van der Waals surface area contributed by atoms with Crippen molar-refractivity contribution in [3.63, 3.8) is 0 Å². The summed E-state index contributed by atoms with van der Waals surface area (Å²) in [5, 5.41) is 20.4. The van der Waals surface area contributed by atoms with E-state index in [-0.39, 0.29) is 5.82 Å². The van der Waals surface area contributed by atoms with Gasteiger partial charge in [0.05, 0.1) is 0 Å². The second-order valence-corrected chi connectivity index (χ2v) is 7.10. The molecule has 0 amide bonds. The van der Waals surface area contributed by atoms with E-state index < -0.39 is 0 Å². The zero-order chi connectivity index (χ0) is 18.6. The fourth-order valence-corrected chi connectivity index (χ4v) is 3.44. The number of nitrogens with one attached hydrogen (secondary N) is 1. The van der Waals surface area contributed by atoms with Crippen LogP contribution in [-0.2, 0) is 6.54 Å². The van der Waals surface area contributed by atoms with Gasteiger partial charge in [-0.25, -0.2) is 4.39 Å². The normalized spacial score (nSPS) is 11.4. The van der Waals surface area contributed by atoms with Gasteiger partial charge in [0.1, 0.15) is 11.6 Å². The first-order valence-electron chi connectivity index (χ1n) is 8.61. The Hall–Kier alpha value is -2.84. The van der Waals surface area contributed by atoms with Crippen molar-refractivity contribution in [1.82, 2.24) is 24.7 Å². The van der Waals surface area contributed by atoms with E-state index in [1.165, 1.54) is 12.1 Å². The zero-order valence-corrected chi connectivity index (χ0v) is 15.7. The molecule has 1 N–H and O–H groups in total. The van der Waals surface area contributed by atoms with Crippen LogP contribution in [0.4, 0.5) is 10.2 Å². The van der Waals surface area contributed by atoms with Gasteiger partial charge in [-0.05, 0) is 48.3 Å². The number of nitrogens with zero attached hydrogens (tertiary/aromatic N) is 5. The Labute approximate surface area is 160 Å². The van der Waals surface area contributed by atoms with Crippen LogP contribution in [0.25, 0.3) is 17.0 Å². The highest BCUT2D eigenvalue weighted by atomic mass is 32.1. The molecule has 0 aliphatic heterocycles. The van der Waals surface area contributed by atoms with Crippen LogP contribution in [0.5, 0.6) is 0 Å². The maximum atomic E-state index is 13.0. The molecule has 4 rings (SSSR count). The van der Waals surface area contributed by atoms with Gasteiger partial charge in [-0.15, -0.1) is 15.3 Å². The Morgan fingerprint density at radius 1 is 1.11 bits per heavy atom. The van der Waals surface area contributed by atoms with Crippen LogP contribution in [0.3, 0.4) is 0 Å². The minimum Gasteiger partial charge on any atom is -0.367 e. The lowest BCUT2D eigenvalue weighted by atomic mass is 10.2. The predicted octanol–water partition coefficient (Wildman–Crippen LogP) is 3.54. The molecule has 138 valence electrons. The number of likely N-dealkylation sites (N-methyl/N-ethyl adjacent to an activating group) is 1. The summed E-state index contributed by atoms with van der Waals surface area (Å²) in [6.07, 6.45) is 0. The summed E-state index contributed by atoms with van der Waals surface area (Å²) in [5.41, 5.74) is 2.81. The van der Waals surface area contributed by atoms with Crippen LogP contribution in [0, 0.1) is 5.82 Å². The fourth-order valence-electron chi connectivity index (χ4n) is 2.81. The van der Waals surface area contributed by atoms with Crippen LogP contribution >= 0.6 is 11.3 Å². The highest BCUT2D eigenvalue weighted by molar-refractivity contribution is 7.08. The first-order valence-corrected chi connectivity index (χ1v) is 9.55. The molecule has 0 aliphatic rings. The van der Waals surface area contributed by atoms with E-state index >= 15 is 0 Å². The number of hydrogen-bond acceptors (Lipinski definition) is 6. The lowest BCUT2D eigenvalue weighted by molar-refractivity contribution is 0.339. The average molecular weight is 382 g/mol. The Morgan fingerprint density at radius 2 is 1.96 bits per heavy atom. The molecule has 0 aliphatic carbocycles. The van der Waals surface area contributed by atoms with Gasteiger partial charge < -0.3 is 10.2 Å². The fraction of sp³-hybridized carbons (Fsp3) is 0.211. The number of benzene rings is 1. The molecule has 0 unspecified atom stereocenters. The van der Waals surface area contributed by atoms with Crippen molar-refractivity contribution in [2.24, 2.45) is 0 Å². The van der Waals surface area contributed by atoms with Crippen molar-refractivity contribution in [1.29, 1.82) is 0 Å². The maximum Gasteiger partial charge on any atom is 0.186 e. The first-order chi connectivity index (χ1) is 13.2. The highest BCUT2D eigenvalue weighted by Crippen LogP contribution is 2.20. The molecule has 0 saturated carbocycles. The van der Waals surface area contributed by atoms with E-state index in [2.05, 4.69) is 25.5 Å². The minimum absolute atomic E-state index is 0.208. The zero-order valence-electron chi connectivity index (χ0n) is 14.8. The molecule has 27 heavy (non-hydrogen) atoms. The summed E-state index contributed by atoms with van der Waals surface area (Å²) >= 11 is 1.62. The van der Waals surface area contributed by atoms with E-state index in [4.69, 9.17) is 0 Å². The van der Waals surface area contributed by atoms with Gasteiger partial charge >= 0.3 is 0 Å². The summed E-state index contributed by atoms with van der Waals surface area (Å²) < 4.78 is 14.7. The average Bonchev–Trinajstić information content (AvgIpc) is 3.32. The molecule has 0 saturated heterocycles. The SMILES string of the molecule is CN(CCNc1ccc2nnc(-c3ccsc3)n2n1)Cc1ccc(F)cc1. The third kappa shape index (κ3) is 4.12. The Balaban J connectivity index is 1.37. The van der Waals surface area contributed by atoms with Crippen LogP contribution < -0.4 is 5.32 Å². The summed E-state index contributed by atoms with van der Waals surface area (Å²) in [6, 6.07) is 12.4. The lowest BCUT2D eigenvalue weighted by Crippen LogP contribution is -2.25. The minimum atomic E-state index is -0.208. The Bertz CT molecular complexity index is 1010. The van der Waals surface area contributed by atoms with Crippen LogP contribution in [0.1, 0.15) is 5.56 Å². The summed E-state index contributed by atoms with van der Waals surface area (Å²) in [6.45, 7) is 2.34. The number of thiophene rings is 1. The molecule has 4 aromatic rings. The van der Waals surface area contributed by atoms with E-state index in [0.717, 1.165) is 48.1 Å². The first kappa shape index (κ1) is 17.6. The molecule has 0 spiro atoms. The maximum absolute atomic E-state index is 13.0. The van der Waals surface area contributed by atoms with Crippen molar-refractivity contribution in [3.8, 4) is 11.4 Å². The van der Waals surface area contributed by atoms with Crippen molar-refractivity contribution in [3.05, 3.63) is 64.6 Å². The number of halogens is 1. The van der Waals surface area contributed by atoms with E-state index in [1.54, 1.807) is 15.9 Å². The molecule has 3 heterocycles. The van der Waals surface area contributed by atoms with Crippen molar-refractivity contribution < 1.29 is 4.39 Å². The van der Waals surface area contributed by atoms with Gasteiger partial charge in [0.2, 0.25) is 0 Å². The molecule has 0 fully saturated rings. The van der Waals surface area contributed by atoms with Crippen molar-refractivity contribution >= 4 is 22.8 Å². The molecule has 0 atom stereocenters. The van der Waals surface area contributed by atoms with E-state index in [0.29, 0.717) is 0 Å². The van der Waals surface area contributed by atoms with Crippen molar-refractivity contribution in [2.45, 2.75) is 6.54 Å². The van der Waals surface area contributed by atoms with E-state index in [1.807, 2.05) is 48.1 Å². The third-order valence-electron chi connectivity index (χ3n) is 4.21. The molecule has 0 bridgehead atoms. The Morgan fingerprint density at radius 3 is 2.74 bits per heavy atom. The van der Waals surface area contributed by atoms with Gasteiger partial charge in [-0.1, -0.05) is 12.1 Å². The molecule has 0 radical (unpaired) electrons. The molecular formula is C19H19FN6S. The van der Waals surface area contributed by atoms with Gasteiger partial charge in [-0.2, -0.15) is 15.9 Å². The predicted molar refractivity (Wildman–Crippen MR) is 105 cm³/mol. The number of anilines is 1. The molecule has 3 aromatic heterocycles. The van der Waals surface area contributed by atoms with Crippen LogP contribution in [-0.4, -0.2) is 44.8 Å². The quantitative estimate of drug-likeness (QED) is 0.530. The number of rotatable bonds is 7. The summed E-state index contributed by atoms with van der Waals surface area (Å²) in [7, 11) is 2.04. The van der Waals surface area contributed by atoms with Crippen LogP contribution in [0.2, 0.25) is 0 Å². The number of aromatic nitrogens is 4. The Kier molecular flexibility index (Phi) is 5.08. The smallest absolute Gasteiger partial charge is 0.186 e. The molecular weight excluding hydrogens is 363 g/mol. The van der Waals surface area contributed by atoms with Gasteiger partial charge in [0, 0.05) is 30.6 Å². The van der Waals surface area contributed by atoms with E-state index in [9.17, 15) is 4.39 Å². The van der Waals surface area contributed by atoms with Gasteiger partial charge in [0.15, 0.2) is 11.5 Å². The third-order valence-corrected chi connectivity index (χ3v) is 4.89. The van der Waals surface area contributed by atoms with Gasteiger partial charge in [0.25, 0.3) is 0 Å². The summed E-state index contributed by atoms with van der Waals surface area (Å²) in [4.78, 5) is 2.17. The summed E-state index contributed by atoms with van der Waals surface area (Å²) in [5.74, 6) is 1.30.